The van der Waals surface area contributed by atoms with E-state index in [-0.39, 0.29) is 43.8 Å². The van der Waals surface area contributed by atoms with Crippen molar-refractivity contribution in [3.63, 3.8) is 0 Å². The third-order valence-electron chi connectivity index (χ3n) is 7.71. The molecule has 0 bridgehead atoms. The molecule has 1 heterocycles. The summed E-state index contributed by atoms with van der Waals surface area (Å²) < 4.78 is 38.1. The Morgan fingerprint density at radius 1 is 0.932 bits per heavy atom. The van der Waals surface area contributed by atoms with Gasteiger partial charge in [0.2, 0.25) is 21.8 Å². The van der Waals surface area contributed by atoms with Gasteiger partial charge in [-0.25, -0.2) is 8.42 Å². The summed E-state index contributed by atoms with van der Waals surface area (Å²) >= 11 is 0. The van der Waals surface area contributed by atoms with Crippen molar-refractivity contribution in [3.05, 3.63) is 89.5 Å². The minimum absolute atomic E-state index is 0.0496. The van der Waals surface area contributed by atoms with Crippen molar-refractivity contribution in [2.75, 3.05) is 30.3 Å². The lowest BCUT2D eigenvalue weighted by molar-refractivity contribution is -0.141. The number of sulfonamides is 1. The van der Waals surface area contributed by atoms with Gasteiger partial charge < -0.3 is 19.7 Å². The summed E-state index contributed by atoms with van der Waals surface area (Å²) in [6.07, 6.45) is 2.58. The molecule has 0 aromatic heterocycles. The molecule has 10 heteroatoms. The van der Waals surface area contributed by atoms with Crippen LogP contribution in [0.15, 0.2) is 72.8 Å². The van der Waals surface area contributed by atoms with E-state index in [4.69, 9.17) is 9.47 Å². The number of amides is 2. The Labute approximate surface area is 261 Å². The number of carbonyl (C=O) groups excluding carboxylic acids is 2. The lowest BCUT2D eigenvalue weighted by Crippen LogP contribution is -2.52. The molecule has 0 unspecified atom stereocenters. The fraction of sp³-hybridized carbons (Fsp3) is 0.412. The number of aryl methyl sites for hydroxylation is 1. The monoisotopic (exact) mass is 621 g/mol. The number of hydrogen-bond acceptors (Lipinski definition) is 6. The van der Waals surface area contributed by atoms with Crippen molar-refractivity contribution >= 4 is 27.5 Å². The molecule has 3 aromatic rings. The van der Waals surface area contributed by atoms with Crippen LogP contribution in [-0.4, -0.2) is 63.2 Å². The zero-order valence-electron chi connectivity index (χ0n) is 26.0. The first-order valence-electron chi connectivity index (χ1n) is 15.1. The smallest absolute Gasteiger partial charge is 0.243 e. The molecule has 2 atom stereocenters. The van der Waals surface area contributed by atoms with E-state index in [0.29, 0.717) is 36.8 Å². The Bertz CT molecular complexity index is 1510. The van der Waals surface area contributed by atoms with Gasteiger partial charge in [-0.05, 0) is 49.9 Å². The SMILES string of the molecule is CC[C@H](C)NC(=O)[C@@H](Cc1ccccc1)N(Cc1ccc(C)cc1)C(=O)CCCN(c1ccc2c(c1)OCCO2)S(C)(=O)=O. The number of benzene rings is 3. The maximum Gasteiger partial charge on any atom is 0.243 e. The highest BCUT2D eigenvalue weighted by Gasteiger charge is 2.31. The molecule has 2 amide bonds. The number of anilines is 1. The van der Waals surface area contributed by atoms with Gasteiger partial charge in [0.25, 0.3) is 0 Å². The lowest BCUT2D eigenvalue weighted by atomic mass is 10.0. The molecule has 0 spiro atoms. The van der Waals surface area contributed by atoms with Gasteiger partial charge >= 0.3 is 0 Å². The van der Waals surface area contributed by atoms with E-state index in [1.54, 1.807) is 23.1 Å². The number of rotatable bonds is 14. The highest BCUT2D eigenvalue weighted by Crippen LogP contribution is 2.35. The van der Waals surface area contributed by atoms with Crippen LogP contribution in [-0.2, 0) is 32.6 Å². The minimum atomic E-state index is -3.65. The summed E-state index contributed by atoms with van der Waals surface area (Å²) in [6.45, 7) is 7.11. The van der Waals surface area contributed by atoms with Crippen LogP contribution in [0.3, 0.4) is 0 Å². The third-order valence-corrected chi connectivity index (χ3v) is 8.91. The summed E-state index contributed by atoms with van der Waals surface area (Å²) in [5.74, 6) is 0.619. The molecule has 44 heavy (non-hydrogen) atoms. The molecule has 1 aliphatic rings. The van der Waals surface area contributed by atoms with Crippen molar-refractivity contribution in [2.24, 2.45) is 0 Å². The number of nitrogens with one attached hydrogen (secondary N) is 1. The topological polar surface area (TPSA) is 105 Å². The molecule has 0 saturated carbocycles. The maximum atomic E-state index is 14.0. The van der Waals surface area contributed by atoms with Crippen LogP contribution in [0, 0.1) is 6.92 Å². The van der Waals surface area contributed by atoms with Gasteiger partial charge in [-0.2, -0.15) is 0 Å². The summed E-state index contributed by atoms with van der Waals surface area (Å²) in [5, 5.41) is 3.08. The zero-order valence-corrected chi connectivity index (χ0v) is 26.8. The lowest BCUT2D eigenvalue weighted by Gasteiger charge is -2.33. The van der Waals surface area contributed by atoms with E-state index in [0.717, 1.165) is 29.4 Å². The zero-order chi connectivity index (χ0) is 31.7. The number of fused-ring (bicyclic) bond motifs is 1. The van der Waals surface area contributed by atoms with Gasteiger partial charge in [0.05, 0.1) is 11.9 Å². The second-order valence-electron chi connectivity index (χ2n) is 11.3. The fourth-order valence-corrected chi connectivity index (χ4v) is 6.03. The first-order valence-corrected chi connectivity index (χ1v) is 17.0. The van der Waals surface area contributed by atoms with E-state index in [1.807, 2.05) is 75.4 Å². The highest BCUT2D eigenvalue weighted by atomic mass is 32.2. The number of ether oxygens (including phenoxy) is 2. The highest BCUT2D eigenvalue weighted by molar-refractivity contribution is 7.92. The molecule has 1 aliphatic heterocycles. The Kier molecular flexibility index (Phi) is 11.3. The standard InChI is InChI=1S/C34H43N3O6S/c1-5-26(3)35-34(39)30(22-27-10-7-6-8-11-27)36(24-28-15-13-25(2)14-16-28)33(38)12-9-19-37(44(4,40)41)29-17-18-31-32(23-29)43-21-20-42-31/h6-8,10-11,13-18,23,26,30H,5,9,12,19-22,24H2,1-4H3,(H,35,39)/t26-,30+/m0/s1. The van der Waals surface area contributed by atoms with E-state index >= 15 is 0 Å². The second kappa shape index (κ2) is 15.1. The van der Waals surface area contributed by atoms with E-state index in [1.165, 1.54) is 4.31 Å². The average molecular weight is 622 g/mol. The van der Waals surface area contributed by atoms with Crippen molar-refractivity contribution in [3.8, 4) is 11.5 Å². The van der Waals surface area contributed by atoms with Crippen LogP contribution in [0.5, 0.6) is 11.5 Å². The van der Waals surface area contributed by atoms with Crippen molar-refractivity contribution in [1.29, 1.82) is 0 Å². The normalized spacial score (nSPS) is 13.9. The van der Waals surface area contributed by atoms with Crippen LogP contribution in [0.2, 0.25) is 0 Å². The van der Waals surface area contributed by atoms with Crippen molar-refractivity contribution in [1.82, 2.24) is 10.2 Å². The van der Waals surface area contributed by atoms with Gasteiger partial charge in [-0.3, -0.25) is 13.9 Å². The molecule has 236 valence electrons. The van der Waals surface area contributed by atoms with Gasteiger partial charge in [0.1, 0.15) is 19.3 Å². The molecule has 9 nitrogen and oxygen atoms in total. The summed E-state index contributed by atoms with van der Waals surface area (Å²) in [6, 6.07) is 21.8. The van der Waals surface area contributed by atoms with Crippen molar-refractivity contribution in [2.45, 2.75) is 65.1 Å². The Hall–Kier alpha value is -4.05. The second-order valence-corrected chi connectivity index (χ2v) is 13.2. The van der Waals surface area contributed by atoms with Crippen LogP contribution >= 0.6 is 0 Å². The molecular formula is C34H43N3O6S. The largest absolute Gasteiger partial charge is 0.486 e. The quantitative estimate of drug-likeness (QED) is 0.276. The van der Waals surface area contributed by atoms with E-state index < -0.39 is 16.1 Å². The Morgan fingerprint density at radius 2 is 1.61 bits per heavy atom. The Balaban J connectivity index is 1.58. The maximum absolute atomic E-state index is 14.0. The molecule has 0 aliphatic carbocycles. The molecule has 0 saturated heterocycles. The van der Waals surface area contributed by atoms with Crippen LogP contribution in [0.1, 0.15) is 49.8 Å². The molecule has 1 N–H and O–H groups in total. The van der Waals surface area contributed by atoms with Crippen LogP contribution < -0.4 is 19.1 Å². The number of carbonyl (C=O) groups is 2. The molecule has 4 rings (SSSR count). The van der Waals surface area contributed by atoms with E-state index in [9.17, 15) is 18.0 Å². The predicted octanol–water partition coefficient (Wildman–Crippen LogP) is 4.87. The van der Waals surface area contributed by atoms with Gasteiger partial charge in [0, 0.05) is 38.0 Å². The summed E-state index contributed by atoms with van der Waals surface area (Å²) in [7, 11) is -3.65. The summed E-state index contributed by atoms with van der Waals surface area (Å²) in [4.78, 5) is 29.4. The molecule has 3 aromatic carbocycles. The number of hydrogen-bond donors (Lipinski definition) is 1. The molecule has 0 radical (unpaired) electrons. The van der Waals surface area contributed by atoms with Gasteiger partial charge in [0.15, 0.2) is 11.5 Å². The van der Waals surface area contributed by atoms with Gasteiger partial charge in [-0.1, -0.05) is 67.1 Å². The first-order chi connectivity index (χ1) is 21.0. The Morgan fingerprint density at radius 3 is 2.27 bits per heavy atom. The minimum Gasteiger partial charge on any atom is -0.486 e. The van der Waals surface area contributed by atoms with Crippen molar-refractivity contribution < 1.29 is 27.5 Å². The molecule has 0 fully saturated rings. The van der Waals surface area contributed by atoms with Crippen LogP contribution in [0.25, 0.3) is 0 Å². The number of nitrogens with zero attached hydrogens (tertiary/aromatic N) is 2. The van der Waals surface area contributed by atoms with Gasteiger partial charge in [-0.15, -0.1) is 0 Å². The molecular weight excluding hydrogens is 578 g/mol. The summed E-state index contributed by atoms with van der Waals surface area (Å²) in [5.41, 5.74) is 3.39. The van der Waals surface area contributed by atoms with Crippen LogP contribution in [0.4, 0.5) is 5.69 Å². The average Bonchev–Trinajstić information content (AvgIpc) is 3.01. The first kappa shape index (κ1) is 32.9. The van der Waals surface area contributed by atoms with E-state index in [2.05, 4.69) is 5.32 Å². The fourth-order valence-electron chi connectivity index (χ4n) is 5.08. The predicted molar refractivity (Wildman–Crippen MR) is 172 cm³/mol. The third kappa shape index (κ3) is 8.98.